The zero-order chi connectivity index (χ0) is 18.0. The van der Waals surface area contributed by atoms with Gasteiger partial charge in [-0.2, -0.15) is 0 Å². The Morgan fingerprint density at radius 1 is 1.08 bits per heavy atom. The Bertz CT molecular complexity index is 695. The predicted octanol–water partition coefficient (Wildman–Crippen LogP) is 2.72. The van der Waals surface area contributed by atoms with E-state index >= 15 is 0 Å². The minimum absolute atomic E-state index is 0.0728. The highest BCUT2D eigenvalue weighted by Crippen LogP contribution is 2.27. The molecule has 2 fully saturated rings. The summed E-state index contributed by atoms with van der Waals surface area (Å²) in [5, 5.41) is 10.8. The van der Waals surface area contributed by atoms with Gasteiger partial charge in [0.05, 0.1) is 15.5 Å². The molecule has 1 aliphatic heterocycles. The molecule has 2 amide bonds. The zero-order valence-electron chi connectivity index (χ0n) is 13.8. The van der Waals surface area contributed by atoms with Crippen LogP contribution in [0.15, 0.2) is 18.2 Å². The van der Waals surface area contributed by atoms with Gasteiger partial charge in [0, 0.05) is 44.2 Å². The summed E-state index contributed by atoms with van der Waals surface area (Å²) < 4.78 is 0. The summed E-state index contributed by atoms with van der Waals surface area (Å²) in [5.74, 6) is 0.0946. The van der Waals surface area contributed by atoms with Crippen molar-refractivity contribution in [2.24, 2.45) is 5.92 Å². The van der Waals surface area contributed by atoms with Gasteiger partial charge >= 0.3 is 0 Å². The van der Waals surface area contributed by atoms with Crippen LogP contribution < -0.4 is 0 Å². The van der Waals surface area contributed by atoms with Crippen molar-refractivity contribution in [2.45, 2.75) is 25.7 Å². The molecule has 1 aromatic rings. The van der Waals surface area contributed by atoms with E-state index < -0.39 is 4.92 Å². The van der Waals surface area contributed by atoms with Crippen molar-refractivity contribution in [3.05, 3.63) is 38.9 Å². The lowest BCUT2D eigenvalue weighted by atomic mass is 10.1. The second-order valence-electron chi connectivity index (χ2n) is 6.52. The van der Waals surface area contributed by atoms with E-state index in [2.05, 4.69) is 0 Å². The minimum Gasteiger partial charge on any atom is -0.339 e. The third-order valence-electron chi connectivity index (χ3n) is 4.98. The molecule has 0 radical (unpaired) electrons. The van der Waals surface area contributed by atoms with Gasteiger partial charge in [-0.3, -0.25) is 19.7 Å². The highest BCUT2D eigenvalue weighted by Gasteiger charge is 2.31. The molecule has 25 heavy (non-hydrogen) atoms. The Balaban J connectivity index is 1.61. The Kier molecular flexibility index (Phi) is 5.22. The van der Waals surface area contributed by atoms with Crippen molar-refractivity contribution >= 4 is 29.1 Å². The summed E-state index contributed by atoms with van der Waals surface area (Å²) >= 11 is 6.04. The number of carbonyl (C=O) groups excluding carboxylic acids is 2. The van der Waals surface area contributed by atoms with Crippen molar-refractivity contribution < 1.29 is 14.5 Å². The number of carbonyl (C=O) groups is 2. The number of hydrogen-bond acceptors (Lipinski definition) is 4. The van der Waals surface area contributed by atoms with Crippen molar-refractivity contribution in [1.82, 2.24) is 9.80 Å². The van der Waals surface area contributed by atoms with E-state index in [1.165, 1.54) is 18.2 Å². The molecule has 8 heteroatoms. The fourth-order valence-corrected chi connectivity index (χ4v) is 3.78. The summed E-state index contributed by atoms with van der Waals surface area (Å²) in [7, 11) is 0. The quantitative estimate of drug-likeness (QED) is 0.609. The fourth-order valence-electron chi connectivity index (χ4n) is 3.52. The molecule has 134 valence electrons. The van der Waals surface area contributed by atoms with Crippen LogP contribution in [0, 0.1) is 16.0 Å². The van der Waals surface area contributed by atoms with Gasteiger partial charge in [-0.25, -0.2) is 0 Å². The molecular formula is C17H20ClN3O4. The maximum absolute atomic E-state index is 12.6. The molecule has 7 nitrogen and oxygen atoms in total. The smallest absolute Gasteiger partial charge is 0.270 e. The number of benzene rings is 1. The lowest BCUT2D eigenvalue weighted by molar-refractivity contribution is -0.384. The van der Waals surface area contributed by atoms with Gasteiger partial charge in [-0.05, 0) is 18.9 Å². The Morgan fingerprint density at radius 3 is 2.24 bits per heavy atom. The van der Waals surface area contributed by atoms with Gasteiger partial charge in [-0.15, -0.1) is 0 Å². The summed E-state index contributed by atoms with van der Waals surface area (Å²) in [4.78, 5) is 38.7. The molecule has 2 aliphatic rings. The van der Waals surface area contributed by atoms with Gasteiger partial charge in [0.2, 0.25) is 5.91 Å². The molecular weight excluding hydrogens is 346 g/mol. The zero-order valence-corrected chi connectivity index (χ0v) is 14.6. The van der Waals surface area contributed by atoms with Crippen LogP contribution in [0.4, 0.5) is 5.69 Å². The van der Waals surface area contributed by atoms with Gasteiger partial charge in [0.25, 0.3) is 11.6 Å². The number of rotatable bonds is 3. The van der Waals surface area contributed by atoms with Crippen LogP contribution >= 0.6 is 11.6 Å². The predicted molar refractivity (Wildman–Crippen MR) is 92.5 cm³/mol. The van der Waals surface area contributed by atoms with Crippen LogP contribution in [-0.2, 0) is 4.79 Å². The highest BCUT2D eigenvalue weighted by molar-refractivity contribution is 6.34. The van der Waals surface area contributed by atoms with E-state index in [0.29, 0.717) is 26.2 Å². The molecule has 0 N–H and O–H groups in total. The summed E-state index contributed by atoms with van der Waals surface area (Å²) in [5.41, 5.74) is 0.108. The number of non-ortho nitro benzene ring substituents is 1. The lowest BCUT2D eigenvalue weighted by Crippen LogP contribution is -2.51. The molecule has 1 saturated heterocycles. The molecule has 3 rings (SSSR count). The molecule has 0 aromatic heterocycles. The molecule has 0 spiro atoms. The highest BCUT2D eigenvalue weighted by atomic mass is 35.5. The van der Waals surface area contributed by atoms with Gasteiger partial charge in [-0.1, -0.05) is 24.4 Å². The molecule has 0 unspecified atom stereocenters. The maximum atomic E-state index is 12.6. The number of nitro groups is 1. The number of amides is 2. The molecule has 1 saturated carbocycles. The topological polar surface area (TPSA) is 83.8 Å². The van der Waals surface area contributed by atoms with Crippen LogP contribution in [-0.4, -0.2) is 52.7 Å². The van der Waals surface area contributed by atoms with Crippen molar-refractivity contribution in [3.63, 3.8) is 0 Å². The average Bonchev–Trinajstić information content (AvgIpc) is 3.15. The first kappa shape index (κ1) is 17.7. The van der Waals surface area contributed by atoms with Crippen LogP contribution in [0.3, 0.4) is 0 Å². The van der Waals surface area contributed by atoms with Crippen molar-refractivity contribution in [1.29, 1.82) is 0 Å². The third-order valence-corrected chi connectivity index (χ3v) is 5.29. The van der Waals surface area contributed by atoms with E-state index in [1.54, 1.807) is 4.90 Å². The van der Waals surface area contributed by atoms with Gasteiger partial charge in [0.15, 0.2) is 0 Å². The van der Waals surface area contributed by atoms with E-state index in [1.807, 2.05) is 4.90 Å². The first-order chi connectivity index (χ1) is 12.0. The first-order valence-corrected chi connectivity index (χ1v) is 8.87. The lowest BCUT2D eigenvalue weighted by Gasteiger charge is -2.36. The largest absolute Gasteiger partial charge is 0.339 e. The fraction of sp³-hybridized carbons (Fsp3) is 0.529. The molecule has 1 aromatic carbocycles. The Hall–Kier alpha value is -2.15. The van der Waals surface area contributed by atoms with Crippen LogP contribution in [0.2, 0.25) is 5.02 Å². The van der Waals surface area contributed by atoms with Crippen LogP contribution in [0.5, 0.6) is 0 Å². The maximum Gasteiger partial charge on any atom is 0.270 e. The van der Waals surface area contributed by atoms with E-state index in [-0.39, 0.29) is 34.0 Å². The number of nitro benzene ring substituents is 1. The monoisotopic (exact) mass is 365 g/mol. The van der Waals surface area contributed by atoms with Gasteiger partial charge < -0.3 is 9.80 Å². The second-order valence-corrected chi connectivity index (χ2v) is 6.93. The van der Waals surface area contributed by atoms with E-state index in [0.717, 1.165) is 25.7 Å². The second kappa shape index (κ2) is 7.39. The van der Waals surface area contributed by atoms with E-state index in [4.69, 9.17) is 11.6 Å². The van der Waals surface area contributed by atoms with Gasteiger partial charge in [0.1, 0.15) is 0 Å². The normalized spacial score (nSPS) is 18.4. The first-order valence-electron chi connectivity index (χ1n) is 8.49. The number of hydrogen-bond donors (Lipinski definition) is 0. The standard InChI is InChI=1S/C17H20ClN3O4/c18-15-11-13(21(24)25)5-6-14(15)17(23)20-9-7-19(8-10-20)16(22)12-3-1-2-4-12/h5-6,11-12H,1-4,7-10H2. The Morgan fingerprint density at radius 2 is 1.68 bits per heavy atom. The van der Waals surface area contributed by atoms with Crippen LogP contribution in [0.1, 0.15) is 36.0 Å². The third kappa shape index (κ3) is 3.76. The molecule has 1 aliphatic carbocycles. The molecule has 1 heterocycles. The summed E-state index contributed by atoms with van der Waals surface area (Å²) in [6.07, 6.45) is 4.17. The number of piperazine rings is 1. The minimum atomic E-state index is -0.548. The Labute approximate surface area is 150 Å². The van der Waals surface area contributed by atoms with Crippen molar-refractivity contribution in [3.8, 4) is 0 Å². The summed E-state index contributed by atoms with van der Waals surface area (Å²) in [6, 6.07) is 3.85. The van der Waals surface area contributed by atoms with E-state index in [9.17, 15) is 19.7 Å². The average molecular weight is 366 g/mol. The van der Waals surface area contributed by atoms with Crippen molar-refractivity contribution in [2.75, 3.05) is 26.2 Å². The SMILES string of the molecule is O=C(c1ccc([N+](=O)[O-])cc1Cl)N1CCN(C(=O)C2CCCC2)CC1. The molecule has 0 atom stereocenters. The summed E-state index contributed by atoms with van der Waals surface area (Å²) in [6.45, 7) is 1.94. The number of nitrogens with zero attached hydrogens (tertiary/aromatic N) is 3. The molecule has 0 bridgehead atoms. The van der Waals surface area contributed by atoms with Crippen LogP contribution in [0.25, 0.3) is 0 Å². The number of halogens is 1.